The van der Waals surface area contributed by atoms with Crippen LogP contribution in [0.15, 0.2) is 22.2 Å². The van der Waals surface area contributed by atoms with Crippen molar-refractivity contribution in [3.8, 4) is 0 Å². The summed E-state index contributed by atoms with van der Waals surface area (Å²) in [6, 6.07) is 0. The number of phosphoric ester groups is 2. The summed E-state index contributed by atoms with van der Waals surface area (Å²) < 4.78 is 70.6. The molecule has 0 amide bonds. The molecule has 4 aromatic rings. The zero-order valence-electron chi connectivity index (χ0n) is 28.9. The molecule has 4 aromatic heterocycles. The standard InChI is InChI=1S/C26H38N10O17P2/c1-34-10-36(20-14(34)22(41)33-26(28)31-20)23-17(39)15(37)11(52-23)7-50-54(42,43)48-5-3-47-4-6-49-55(44,45)51-8-12-16(38)18(46-2)24(53-12)35-9-29-13-19(35)30-25(27)32-21(13)40/h9-12,15-18,23-24,37-39H,3-8H2,1-2H3,(H7-,27,28,30,31,32,33,40,41,42,43,44,45)/p+2/t11?,12?,15-,16-,17-,18-,23-,24-/m1/s1. The second-order valence-corrected chi connectivity index (χ2v) is 15.1. The summed E-state index contributed by atoms with van der Waals surface area (Å²) in [5.41, 5.74) is 10.6. The number of hydrogen-bond donors (Lipinski definition) is 10. The number of nitrogen functional groups attached to an aromatic ring is 2. The van der Waals surface area contributed by atoms with E-state index in [1.165, 1.54) is 33.5 Å². The number of rotatable bonds is 17. The van der Waals surface area contributed by atoms with Crippen LogP contribution in [0.1, 0.15) is 12.5 Å². The van der Waals surface area contributed by atoms with Crippen molar-refractivity contribution in [2.75, 3.05) is 58.2 Å². The fourth-order valence-electron chi connectivity index (χ4n) is 6.01. The van der Waals surface area contributed by atoms with Gasteiger partial charge in [0.1, 0.15) is 36.6 Å². The van der Waals surface area contributed by atoms with Gasteiger partial charge in [0.2, 0.25) is 23.5 Å². The Balaban J connectivity index is 0.899. The van der Waals surface area contributed by atoms with Crippen LogP contribution in [-0.2, 0) is 53.2 Å². The number of nitrogens with two attached hydrogens (primary N) is 2. The summed E-state index contributed by atoms with van der Waals surface area (Å²) in [7, 11) is -6.57. The van der Waals surface area contributed by atoms with Gasteiger partial charge in [0.05, 0.1) is 46.7 Å². The average Bonchev–Trinajstić information content (AvgIpc) is 3.84. The maximum atomic E-state index is 12.5. The summed E-state index contributed by atoms with van der Waals surface area (Å²) in [6.45, 7) is -2.80. The molecule has 2 saturated heterocycles. The molecule has 6 heterocycles. The number of nitrogens with zero attached hydrogens (tertiary/aromatic N) is 5. The van der Waals surface area contributed by atoms with Gasteiger partial charge in [-0.05, 0) is 0 Å². The number of methoxy groups -OCH3 is 1. The number of aromatic nitrogens is 8. The van der Waals surface area contributed by atoms with Crippen LogP contribution >= 0.6 is 15.6 Å². The van der Waals surface area contributed by atoms with E-state index in [9.17, 15) is 43.8 Å². The Morgan fingerprint density at radius 1 is 0.818 bits per heavy atom. The van der Waals surface area contributed by atoms with Crippen LogP contribution in [-0.4, -0.2) is 138 Å². The maximum Gasteiger partial charge on any atom is 0.472 e. The number of aliphatic hydroxyl groups excluding tert-OH is 3. The largest absolute Gasteiger partial charge is 0.472 e. The molecular formula is C26H40N10O17P2+2. The number of H-pyrrole nitrogens is 3. The first-order chi connectivity index (χ1) is 26.0. The average molecular weight is 827 g/mol. The summed E-state index contributed by atoms with van der Waals surface area (Å²) in [6.07, 6.45) is -7.52. The second-order valence-electron chi connectivity index (χ2n) is 12.2. The Labute approximate surface area is 307 Å². The number of aryl methyl sites for hydroxylation is 1. The summed E-state index contributed by atoms with van der Waals surface area (Å²) in [5.74, 6) is -0.358. The van der Waals surface area contributed by atoms with Crippen molar-refractivity contribution in [2.24, 2.45) is 7.05 Å². The lowest BCUT2D eigenvalue weighted by molar-refractivity contribution is -0.746. The molecule has 0 spiro atoms. The van der Waals surface area contributed by atoms with Gasteiger partial charge in [0, 0.05) is 7.11 Å². The minimum absolute atomic E-state index is 0.0537. The van der Waals surface area contributed by atoms with Crippen molar-refractivity contribution in [1.29, 1.82) is 0 Å². The van der Waals surface area contributed by atoms with Gasteiger partial charge in [0.15, 0.2) is 12.7 Å². The van der Waals surface area contributed by atoms with Crippen LogP contribution in [0.5, 0.6) is 0 Å². The molecule has 55 heavy (non-hydrogen) atoms. The Bertz CT molecular complexity index is 2210. The molecule has 6 rings (SSSR count). The zero-order chi connectivity index (χ0) is 39.8. The van der Waals surface area contributed by atoms with Crippen molar-refractivity contribution in [2.45, 2.75) is 49.1 Å². The van der Waals surface area contributed by atoms with E-state index in [2.05, 4.69) is 24.9 Å². The Morgan fingerprint density at radius 3 is 2.00 bits per heavy atom. The first kappa shape index (κ1) is 40.9. The highest BCUT2D eigenvalue weighted by atomic mass is 31.2. The van der Waals surface area contributed by atoms with Crippen molar-refractivity contribution in [1.82, 2.24) is 29.5 Å². The smallest absolute Gasteiger partial charge is 0.387 e. The molecule has 0 saturated carbocycles. The van der Waals surface area contributed by atoms with Gasteiger partial charge in [-0.15, -0.1) is 0 Å². The lowest BCUT2D eigenvalue weighted by Gasteiger charge is -2.18. The van der Waals surface area contributed by atoms with E-state index in [0.717, 1.165) is 0 Å². The van der Waals surface area contributed by atoms with Crippen molar-refractivity contribution < 1.29 is 80.4 Å². The molecule has 0 radical (unpaired) electrons. The second kappa shape index (κ2) is 16.4. The normalized spacial score (nSPS) is 27.9. The molecule has 0 aliphatic carbocycles. The molecule has 27 nitrogen and oxygen atoms in total. The molecule has 304 valence electrons. The highest BCUT2D eigenvalue weighted by Gasteiger charge is 2.49. The number of nitrogens with one attached hydrogen (secondary N) is 3. The van der Waals surface area contributed by atoms with E-state index in [1.54, 1.807) is 7.05 Å². The zero-order valence-corrected chi connectivity index (χ0v) is 30.7. The van der Waals surface area contributed by atoms with Crippen LogP contribution in [0, 0.1) is 0 Å². The third-order valence-electron chi connectivity index (χ3n) is 8.54. The summed E-state index contributed by atoms with van der Waals surface area (Å²) in [5, 5.41) is 31.9. The third kappa shape index (κ3) is 8.80. The van der Waals surface area contributed by atoms with Crippen LogP contribution in [0.3, 0.4) is 0 Å². The quantitative estimate of drug-likeness (QED) is 0.0272. The van der Waals surface area contributed by atoms with Gasteiger partial charge in [-0.1, -0.05) is 9.97 Å². The highest BCUT2D eigenvalue weighted by Crippen LogP contribution is 2.45. The fourth-order valence-corrected chi connectivity index (χ4v) is 7.44. The number of imidazole rings is 2. The van der Waals surface area contributed by atoms with Crippen molar-refractivity contribution in [3.63, 3.8) is 0 Å². The molecule has 10 atom stereocenters. The predicted molar refractivity (Wildman–Crippen MR) is 178 cm³/mol. The molecular weight excluding hydrogens is 786 g/mol. The van der Waals surface area contributed by atoms with Gasteiger partial charge < -0.3 is 55.5 Å². The molecule has 29 heteroatoms. The Kier molecular flexibility index (Phi) is 12.2. The Hall–Kier alpha value is -3.76. The van der Waals surface area contributed by atoms with Gasteiger partial charge in [0.25, 0.3) is 23.0 Å². The van der Waals surface area contributed by atoms with Gasteiger partial charge in [-0.25, -0.2) is 18.3 Å². The number of anilines is 2. The lowest BCUT2D eigenvalue weighted by Crippen LogP contribution is -2.46. The number of ether oxygens (including phenoxy) is 4. The first-order valence-corrected chi connectivity index (χ1v) is 19.2. The molecule has 2 fully saturated rings. The first-order valence-electron chi connectivity index (χ1n) is 16.2. The predicted octanol–water partition coefficient (Wildman–Crippen LogP) is -4.56. The SMILES string of the molecule is CO[C@@H]1[C@H](O)C(COP(=O)(O)OCCOCCOP(=O)(O)OCC2O[C@@H]([n+]3cn(C)c4c(=O)[nH]c(N)nc43)[C@H](O)[C@@H]2O)O[C@H]1[n+]1c[nH]c2c(=O)[nH]c(N)nc21. The van der Waals surface area contributed by atoms with Gasteiger partial charge in [-0.3, -0.25) is 47.2 Å². The third-order valence-corrected chi connectivity index (χ3v) is 10.5. The van der Waals surface area contributed by atoms with Crippen LogP contribution in [0.2, 0.25) is 0 Å². The monoisotopic (exact) mass is 826 g/mol. The molecule has 2 aliphatic rings. The van der Waals surface area contributed by atoms with Gasteiger partial charge >= 0.3 is 26.9 Å². The van der Waals surface area contributed by atoms with Crippen LogP contribution < -0.4 is 31.7 Å². The molecule has 12 N–H and O–H groups in total. The number of aliphatic hydroxyl groups is 3. The molecule has 2 aliphatic heterocycles. The number of phosphoric acid groups is 2. The number of fused-ring (bicyclic) bond motifs is 2. The van der Waals surface area contributed by atoms with E-state index < -0.39 is 102 Å². The number of aromatic amines is 3. The minimum Gasteiger partial charge on any atom is -0.387 e. The molecule has 0 aromatic carbocycles. The van der Waals surface area contributed by atoms with Crippen molar-refractivity contribution >= 4 is 49.9 Å². The van der Waals surface area contributed by atoms with E-state index >= 15 is 0 Å². The van der Waals surface area contributed by atoms with E-state index in [1.807, 2.05) is 0 Å². The Morgan fingerprint density at radius 2 is 1.38 bits per heavy atom. The van der Waals surface area contributed by atoms with E-state index in [-0.39, 0.29) is 47.4 Å². The van der Waals surface area contributed by atoms with E-state index in [4.69, 9.17) is 48.5 Å². The van der Waals surface area contributed by atoms with Crippen LogP contribution in [0.4, 0.5) is 11.9 Å². The fraction of sp³-hybridized carbons (Fsp3) is 0.615. The molecule has 4 unspecified atom stereocenters. The van der Waals surface area contributed by atoms with Crippen molar-refractivity contribution in [3.05, 3.63) is 33.4 Å². The van der Waals surface area contributed by atoms with E-state index in [0.29, 0.717) is 0 Å². The molecule has 0 bridgehead atoms. The summed E-state index contributed by atoms with van der Waals surface area (Å²) >= 11 is 0. The topological polar surface area (TPSA) is 381 Å². The maximum absolute atomic E-state index is 12.5. The van der Waals surface area contributed by atoms with Crippen LogP contribution in [0.25, 0.3) is 22.3 Å². The summed E-state index contributed by atoms with van der Waals surface area (Å²) in [4.78, 5) is 60.3. The lowest BCUT2D eigenvalue weighted by atomic mass is 10.1. The minimum atomic E-state index is -4.72. The number of hydrogen-bond acceptors (Lipinski definition) is 19. The highest BCUT2D eigenvalue weighted by molar-refractivity contribution is 7.47. The van der Waals surface area contributed by atoms with Gasteiger partial charge in [-0.2, -0.15) is 0 Å².